The number of amides is 2. The Kier molecular flexibility index (Phi) is 11.5. The van der Waals surface area contributed by atoms with Crippen LogP contribution in [0.1, 0.15) is 50.0 Å². The van der Waals surface area contributed by atoms with E-state index in [1.807, 2.05) is 78.9 Å². The van der Waals surface area contributed by atoms with Crippen molar-refractivity contribution in [3.05, 3.63) is 165 Å². The van der Waals surface area contributed by atoms with E-state index in [0.29, 0.717) is 45.0 Å². The molecule has 0 bridgehead atoms. The second-order valence-corrected chi connectivity index (χ2v) is 15.4. The van der Waals surface area contributed by atoms with Crippen LogP contribution in [-0.4, -0.2) is 56.3 Å². The van der Waals surface area contributed by atoms with Crippen molar-refractivity contribution >= 4 is 41.0 Å². The van der Waals surface area contributed by atoms with Gasteiger partial charge in [-0.15, -0.1) is 0 Å². The van der Waals surface area contributed by atoms with Crippen molar-refractivity contribution in [1.82, 2.24) is 20.0 Å². The fourth-order valence-electron chi connectivity index (χ4n) is 7.34. The van der Waals surface area contributed by atoms with Crippen LogP contribution < -0.4 is 19.5 Å². The summed E-state index contributed by atoms with van der Waals surface area (Å²) in [5.41, 5.74) is 6.63. The Morgan fingerprint density at radius 3 is 2.27 bits per heavy atom. The van der Waals surface area contributed by atoms with Crippen LogP contribution in [0.25, 0.3) is 11.1 Å². The number of halogens is 2. The maximum absolute atomic E-state index is 14.1. The van der Waals surface area contributed by atoms with Crippen LogP contribution in [0.4, 0.5) is 0 Å². The normalized spacial score (nSPS) is 15.9. The van der Waals surface area contributed by atoms with Crippen LogP contribution in [0.3, 0.4) is 0 Å². The van der Waals surface area contributed by atoms with E-state index in [1.54, 1.807) is 37.4 Å². The topological polar surface area (TPSA) is 156 Å². The summed E-state index contributed by atoms with van der Waals surface area (Å²) in [5.74, 6) is -0.573. The van der Waals surface area contributed by atoms with Gasteiger partial charge in [-0.25, -0.2) is 4.79 Å². The molecule has 302 valence electrons. The highest BCUT2D eigenvalue weighted by Gasteiger charge is 2.39. The van der Waals surface area contributed by atoms with Crippen molar-refractivity contribution in [1.29, 1.82) is 5.26 Å². The minimum absolute atomic E-state index is 0.0159. The zero-order chi connectivity index (χ0) is 41.9. The van der Waals surface area contributed by atoms with Crippen LogP contribution in [0.5, 0.6) is 17.2 Å². The summed E-state index contributed by atoms with van der Waals surface area (Å²) in [4.78, 5) is 42.2. The Morgan fingerprint density at radius 1 is 0.900 bits per heavy atom. The van der Waals surface area contributed by atoms with Crippen LogP contribution in [0, 0.1) is 11.3 Å². The Hall–Kier alpha value is -6.81. The lowest BCUT2D eigenvalue weighted by atomic mass is 9.91. The van der Waals surface area contributed by atoms with Gasteiger partial charge in [-0.3, -0.25) is 14.3 Å². The number of benzene rings is 5. The van der Waals surface area contributed by atoms with Crippen molar-refractivity contribution in [3.63, 3.8) is 0 Å². The number of nitrogens with one attached hydrogen (secondary N) is 1. The number of fused-ring (bicyclic) bond motifs is 2. The smallest absolute Gasteiger partial charge is 0.326 e. The minimum Gasteiger partial charge on any atom is -0.489 e. The zero-order valence-corrected chi connectivity index (χ0v) is 33.7. The summed E-state index contributed by atoms with van der Waals surface area (Å²) in [7, 11) is 1.64. The van der Waals surface area contributed by atoms with Gasteiger partial charge >= 0.3 is 5.97 Å². The number of carboxylic acids is 1. The van der Waals surface area contributed by atoms with E-state index in [9.17, 15) is 19.5 Å². The molecule has 0 radical (unpaired) electrons. The summed E-state index contributed by atoms with van der Waals surface area (Å²) in [6.45, 7) is 0.606. The number of carbonyl (C=O) groups is 3. The Labute approximate surface area is 355 Å². The standard InChI is InChI=1S/C46H37Cl2N5O7/c1-52-39(16-17-50-52)45(55)53-24-34-22-42-41(59-26-43(60-42)32-11-13-35(14-12-32)58-25-29-6-15-36(47)37(48)18-29)21-33(34)20-40(53)44(54)51-38(46(56)57)19-27-2-7-30(8-3-27)31-9-4-28(23-49)5-10-31/h2-18,21-22,38,40,43H,19-20,24-26H2,1H3,(H,51,54)(H,56,57)/t38?,40-,43+/m0/s1. The molecule has 3 heterocycles. The highest BCUT2D eigenvalue weighted by atomic mass is 35.5. The summed E-state index contributed by atoms with van der Waals surface area (Å²) < 4.78 is 20.0. The number of ether oxygens (including phenoxy) is 3. The predicted octanol–water partition coefficient (Wildman–Crippen LogP) is 7.74. The van der Waals surface area contributed by atoms with Crippen LogP contribution >= 0.6 is 23.2 Å². The fourth-order valence-corrected chi connectivity index (χ4v) is 7.66. The first-order valence-electron chi connectivity index (χ1n) is 19.1. The Balaban J connectivity index is 0.976. The summed E-state index contributed by atoms with van der Waals surface area (Å²) in [5, 5.41) is 27.2. The molecule has 0 saturated heterocycles. The quantitative estimate of drug-likeness (QED) is 0.133. The third kappa shape index (κ3) is 8.64. The van der Waals surface area contributed by atoms with E-state index < -0.39 is 36.0 Å². The number of nitrogens with zero attached hydrogens (tertiary/aromatic N) is 4. The molecule has 8 rings (SSSR count). The first-order chi connectivity index (χ1) is 29.0. The van der Waals surface area contributed by atoms with Crippen LogP contribution in [-0.2, 0) is 42.6 Å². The first kappa shape index (κ1) is 40.0. The molecule has 2 aliphatic heterocycles. The number of rotatable bonds is 11. The number of aromatic nitrogens is 2. The number of nitriles is 1. The van der Waals surface area contributed by atoms with Crippen molar-refractivity contribution < 1.29 is 33.7 Å². The number of carboxylic acid groups (broad SMARTS) is 1. The molecule has 0 spiro atoms. The Morgan fingerprint density at radius 2 is 1.60 bits per heavy atom. The van der Waals surface area contributed by atoms with Gasteiger partial charge in [-0.1, -0.05) is 77.8 Å². The molecule has 0 aliphatic carbocycles. The van der Waals surface area contributed by atoms with Gasteiger partial charge in [-0.05, 0) is 93.5 Å². The van der Waals surface area contributed by atoms with Gasteiger partial charge in [-0.2, -0.15) is 10.4 Å². The Bertz CT molecular complexity index is 2620. The second kappa shape index (κ2) is 17.2. The van der Waals surface area contributed by atoms with Crippen molar-refractivity contribution in [2.24, 2.45) is 7.05 Å². The number of hydrogen-bond donors (Lipinski definition) is 2. The lowest BCUT2D eigenvalue weighted by molar-refractivity contribution is -0.142. The van der Waals surface area contributed by atoms with Gasteiger partial charge in [0.15, 0.2) is 17.6 Å². The molecule has 60 heavy (non-hydrogen) atoms. The number of hydrogen-bond acceptors (Lipinski definition) is 8. The predicted molar refractivity (Wildman–Crippen MR) is 223 cm³/mol. The molecule has 3 atom stereocenters. The SMILES string of the molecule is Cn1nccc1C(=O)N1Cc2cc3c(cc2C[C@H]1C(=O)NC(Cc1ccc(-c2ccc(C#N)cc2)cc1)C(=O)O)OC[C@H](c1ccc(OCc2ccc(Cl)c(Cl)c2)cc1)O3. The fraction of sp³-hybridized carbons (Fsp3) is 0.196. The van der Waals surface area contributed by atoms with Crippen molar-refractivity contribution in [2.75, 3.05) is 6.61 Å². The van der Waals surface area contributed by atoms with Gasteiger partial charge in [0.05, 0.1) is 21.7 Å². The van der Waals surface area contributed by atoms with E-state index in [2.05, 4.69) is 16.5 Å². The van der Waals surface area contributed by atoms with Gasteiger partial charge in [0.2, 0.25) is 5.91 Å². The molecule has 14 heteroatoms. The lowest BCUT2D eigenvalue weighted by Gasteiger charge is -2.37. The maximum Gasteiger partial charge on any atom is 0.326 e. The molecule has 0 fully saturated rings. The molecule has 2 amide bonds. The minimum atomic E-state index is -1.27. The van der Waals surface area contributed by atoms with Gasteiger partial charge in [0, 0.05) is 32.6 Å². The monoisotopic (exact) mass is 841 g/mol. The van der Waals surface area contributed by atoms with E-state index in [4.69, 9.17) is 42.7 Å². The van der Waals surface area contributed by atoms with Crippen LogP contribution in [0.2, 0.25) is 10.0 Å². The number of aliphatic carboxylic acids is 1. The molecular formula is C46H37Cl2N5O7. The molecule has 5 aromatic carbocycles. The average Bonchev–Trinajstić information content (AvgIpc) is 3.70. The highest BCUT2D eigenvalue weighted by Crippen LogP contribution is 2.41. The third-order valence-electron chi connectivity index (χ3n) is 10.7. The molecule has 2 aliphatic rings. The average molecular weight is 843 g/mol. The largest absolute Gasteiger partial charge is 0.489 e. The number of carbonyl (C=O) groups excluding carboxylic acids is 2. The lowest BCUT2D eigenvalue weighted by Crippen LogP contribution is -2.56. The third-order valence-corrected chi connectivity index (χ3v) is 11.4. The molecule has 1 aromatic heterocycles. The molecular weight excluding hydrogens is 805 g/mol. The molecule has 12 nitrogen and oxygen atoms in total. The van der Waals surface area contributed by atoms with E-state index in [-0.39, 0.29) is 31.7 Å². The van der Waals surface area contributed by atoms with Gasteiger partial charge in [0.1, 0.15) is 36.7 Å². The summed E-state index contributed by atoms with van der Waals surface area (Å²) in [6.07, 6.45) is 1.21. The van der Waals surface area contributed by atoms with E-state index >= 15 is 0 Å². The van der Waals surface area contributed by atoms with Gasteiger partial charge in [0.25, 0.3) is 5.91 Å². The highest BCUT2D eigenvalue weighted by molar-refractivity contribution is 6.42. The van der Waals surface area contributed by atoms with Crippen LogP contribution in [0.15, 0.2) is 115 Å². The number of aryl methyl sites for hydroxylation is 1. The molecule has 0 saturated carbocycles. The van der Waals surface area contributed by atoms with E-state index in [0.717, 1.165) is 33.4 Å². The molecule has 1 unspecified atom stereocenters. The zero-order valence-electron chi connectivity index (χ0n) is 32.2. The second-order valence-electron chi connectivity index (χ2n) is 14.6. The molecule has 2 N–H and O–H groups in total. The maximum atomic E-state index is 14.1. The van der Waals surface area contributed by atoms with Crippen molar-refractivity contribution in [3.8, 4) is 34.4 Å². The van der Waals surface area contributed by atoms with Crippen molar-refractivity contribution in [2.45, 2.75) is 44.2 Å². The first-order valence-corrected chi connectivity index (χ1v) is 19.8. The summed E-state index contributed by atoms with van der Waals surface area (Å²) >= 11 is 12.2. The van der Waals surface area contributed by atoms with E-state index in [1.165, 1.54) is 15.8 Å². The van der Waals surface area contributed by atoms with Gasteiger partial charge < -0.3 is 29.5 Å². The summed E-state index contributed by atoms with van der Waals surface area (Å²) in [6, 6.07) is 32.5. The molecule has 6 aromatic rings.